The smallest absolute Gasteiger partial charge is 0.268 e. The topological polar surface area (TPSA) is 57.8 Å². The summed E-state index contributed by atoms with van der Waals surface area (Å²) < 4.78 is 0. The minimum absolute atomic E-state index is 0.0885. The molecule has 1 atom stereocenters. The number of fused-ring (bicyclic) bond motifs is 1. The van der Waals surface area contributed by atoms with Gasteiger partial charge in [-0.1, -0.05) is 37.6 Å². The van der Waals surface area contributed by atoms with Crippen LogP contribution in [0.2, 0.25) is 5.02 Å². The van der Waals surface area contributed by atoms with Gasteiger partial charge in [0, 0.05) is 17.6 Å². The van der Waals surface area contributed by atoms with Crippen LogP contribution in [0.1, 0.15) is 37.2 Å². The van der Waals surface area contributed by atoms with Crippen molar-refractivity contribution in [2.75, 3.05) is 0 Å². The van der Waals surface area contributed by atoms with E-state index in [1.165, 1.54) is 0 Å². The van der Waals surface area contributed by atoms with Gasteiger partial charge in [-0.2, -0.15) is 0 Å². The number of nitrogens with zero attached hydrogens (tertiary/aromatic N) is 1. The normalized spacial score (nSPS) is 20.6. The fourth-order valence-corrected chi connectivity index (χ4v) is 2.80. The van der Waals surface area contributed by atoms with Gasteiger partial charge in [-0.15, -0.1) is 0 Å². The summed E-state index contributed by atoms with van der Waals surface area (Å²) in [5, 5.41) is 4.39. The predicted octanol–water partition coefficient (Wildman–Crippen LogP) is 3.69. The highest BCUT2D eigenvalue weighted by Crippen LogP contribution is 2.29. The van der Waals surface area contributed by atoms with E-state index in [0.29, 0.717) is 10.7 Å². The van der Waals surface area contributed by atoms with Gasteiger partial charge in [0.1, 0.15) is 5.69 Å². The Bertz CT molecular complexity index is 717. The summed E-state index contributed by atoms with van der Waals surface area (Å²) in [6.07, 6.45) is 9.52. The van der Waals surface area contributed by atoms with E-state index in [1.807, 2.05) is 0 Å². The van der Waals surface area contributed by atoms with E-state index in [2.05, 4.69) is 41.3 Å². The van der Waals surface area contributed by atoms with Crippen LogP contribution in [0.3, 0.4) is 0 Å². The van der Waals surface area contributed by atoms with Crippen LogP contribution in [-0.4, -0.2) is 21.9 Å². The number of aromatic amines is 1. The van der Waals surface area contributed by atoms with Crippen LogP contribution in [0.4, 0.5) is 0 Å². The molecule has 110 valence electrons. The van der Waals surface area contributed by atoms with Gasteiger partial charge in [-0.25, -0.2) is 0 Å². The molecular weight excluding hydrogens is 286 g/mol. The van der Waals surface area contributed by atoms with Gasteiger partial charge in [-0.3, -0.25) is 9.78 Å². The Morgan fingerprint density at radius 1 is 1.48 bits per heavy atom. The molecule has 0 spiro atoms. The molecular formula is C16H18ClN3O. The van der Waals surface area contributed by atoms with Crippen molar-refractivity contribution in [2.24, 2.45) is 5.41 Å². The largest absolute Gasteiger partial charge is 0.349 e. The third kappa shape index (κ3) is 2.95. The first-order chi connectivity index (χ1) is 9.94. The number of H-pyrrole nitrogens is 1. The quantitative estimate of drug-likeness (QED) is 0.831. The lowest BCUT2D eigenvalue weighted by Crippen LogP contribution is -2.36. The van der Waals surface area contributed by atoms with E-state index in [1.54, 1.807) is 18.5 Å². The Morgan fingerprint density at radius 3 is 2.95 bits per heavy atom. The third-order valence-corrected chi connectivity index (χ3v) is 4.24. The number of carbonyl (C=O) groups excluding carboxylic acids is 1. The lowest BCUT2D eigenvalue weighted by molar-refractivity contribution is 0.0935. The first kappa shape index (κ1) is 14.1. The highest BCUT2D eigenvalue weighted by Gasteiger charge is 2.23. The van der Waals surface area contributed by atoms with Crippen molar-refractivity contribution in [3.8, 4) is 0 Å². The first-order valence-corrected chi connectivity index (χ1v) is 7.45. The van der Waals surface area contributed by atoms with Crippen LogP contribution in [0.5, 0.6) is 0 Å². The van der Waals surface area contributed by atoms with Crippen molar-refractivity contribution in [1.82, 2.24) is 15.3 Å². The molecule has 2 aromatic heterocycles. The van der Waals surface area contributed by atoms with E-state index in [0.717, 1.165) is 23.7 Å². The Balaban J connectivity index is 1.77. The standard InChI is InChI=1S/C16H18ClN3O/c1-16(2)5-3-10(4-6-16)19-15(21)13-7-11-12(17)8-18-9-14(11)20-13/h3,5,7-10,20H,4,6H2,1-2H3,(H,19,21). The van der Waals surface area contributed by atoms with Gasteiger partial charge in [0.05, 0.1) is 16.7 Å². The van der Waals surface area contributed by atoms with Gasteiger partial charge in [0.25, 0.3) is 5.91 Å². The number of pyridine rings is 1. The van der Waals surface area contributed by atoms with Crippen molar-refractivity contribution in [2.45, 2.75) is 32.7 Å². The summed E-state index contributed by atoms with van der Waals surface area (Å²) in [5.41, 5.74) is 1.51. The fraction of sp³-hybridized carbons (Fsp3) is 0.375. The van der Waals surface area contributed by atoms with Crippen LogP contribution in [0.15, 0.2) is 30.6 Å². The highest BCUT2D eigenvalue weighted by atomic mass is 35.5. The summed E-state index contributed by atoms with van der Waals surface area (Å²) >= 11 is 6.07. The SMILES string of the molecule is CC1(C)C=CC(NC(=O)c2cc3c(Cl)cncc3[nH]2)CC1. The van der Waals surface area contributed by atoms with Gasteiger partial charge in [-0.05, 0) is 24.3 Å². The summed E-state index contributed by atoms with van der Waals surface area (Å²) in [5.74, 6) is -0.114. The van der Waals surface area contributed by atoms with Crippen LogP contribution < -0.4 is 5.32 Å². The lowest BCUT2D eigenvalue weighted by Gasteiger charge is -2.28. The molecule has 4 nitrogen and oxygen atoms in total. The lowest BCUT2D eigenvalue weighted by atomic mass is 9.81. The zero-order valence-corrected chi connectivity index (χ0v) is 12.9. The van der Waals surface area contributed by atoms with E-state index in [4.69, 9.17) is 11.6 Å². The molecule has 0 aliphatic heterocycles. The molecule has 0 fully saturated rings. The van der Waals surface area contributed by atoms with Crippen LogP contribution in [0.25, 0.3) is 10.9 Å². The highest BCUT2D eigenvalue weighted by molar-refractivity contribution is 6.35. The van der Waals surface area contributed by atoms with Crippen LogP contribution in [0, 0.1) is 5.41 Å². The van der Waals surface area contributed by atoms with Crippen molar-refractivity contribution in [1.29, 1.82) is 0 Å². The number of nitrogens with one attached hydrogen (secondary N) is 2. The Hall–Kier alpha value is -1.81. The van der Waals surface area contributed by atoms with Crippen molar-refractivity contribution >= 4 is 28.4 Å². The molecule has 3 rings (SSSR count). The van der Waals surface area contributed by atoms with Crippen molar-refractivity contribution in [3.05, 3.63) is 41.3 Å². The second-order valence-corrected chi connectivity index (χ2v) is 6.64. The summed E-state index contributed by atoms with van der Waals surface area (Å²) in [7, 11) is 0. The molecule has 0 radical (unpaired) electrons. The number of rotatable bonds is 2. The zero-order valence-electron chi connectivity index (χ0n) is 12.1. The molecule has 1 aliphatic rings. The van der Waals surface area contributed by atoms with E-state index in [9.17, 15) is 4.79 Å². The molecule has 1 unspecified atom stereocenters. The second-order valence-electron chi connectivity index (χ2n) is 6.23. The molecule has 0 saturated heterocycles. The van der Waals surface area contributed by atoms with Gasteiger partial charge in [0.15, 0.2) is 0 Å². The van der Waals surface area contributed by atoms with Crippen molar-refractivity contribution in [3.63, 3.8) is 0 Å². The minimum Gasteiger partial charge on any atom is -0.349 e. The molecule has 5 heteroatoms. The maximum absolute atomic E-state index is 12.3. The number of hydrogen-bond acceptors (Lipinski definition) is 2. The number of aromatic nitrogens is 2. The monoisotopic (exact) mass is 303 g/mol. The maximum Gasteiger partial charge on any atom is 0.268 e. The van der Waals surface area contributed by atoms with E-state index < -0.39 is 0 Å². The minimum atomic E-state index is -0.114. The molecule has 21 heavy (non-hydrogen) atoms. The molecule has 0 aromatic carbocycles. The van der Waals surface area contributed by atoms with Gasteiger partial charge < -0.3 is 10.3 Å². The maximum atomic E-state index is 12.3. The number of hydrogen-bond donors (Lipinski definition) is 2. The number of halogens is 1. The number of carbonyl (C=O) groups is 1. The van der Waals surface area contributed by atoms with Gasteiger partial charge in [0.2, 0.25) is 0 Å². The third-order valence-electron chi connectivity index (χ3n) is 3.94. The fourth-order valence-electron chi connectivity index (χ4n) is 2.59. The average molecular weight is 304 g/mol. The molecule has 2 heterocycles. The van der Waals surface area contributed by atoms with E-state index in [-0.39, 0.29) is 17.4 Å². The Kier molecular flexibility index (Phi) is 3.49. The van der Waals surface area contributed by atoms with Gasteiger partial charge >= 0.3 is 0 Å². The number of allylic oxidation sites excluding steroid dienone is 1. The van der Waals surface area contributed by atoms with Crippen LogP contribution in [-0.2, 0) is 0 Å². The molecule has 0 bridgehead atoms. The van der Waals surface area contributed by atoms with E-state index >= 15 is 0 Å². The average Bonchev–Trinajstić information content (AvgIpc) is 2.87. The molecule has 2 N–H and O–H groups in total. The Morgan fingerprint density at radius 2 is 2.29 bits per heavy atom. The molecule has 2 aromatic rings. The van der Waals surface area contributed by atoms with Crippen molar-refractivity contribution < 1.29 is 4.79 Å². The second kappa shape index (κ2) is 5.19. The number of amides is 1. The molecule has 0 saturated carbocycles. The molecule has 1 amide bonds. The zero-order chi connectivity index (χ0) is 15.0. The first-order valence-electron chi connectivity index (χ1n) is 7.07. The van der Waals surface area contributed by atoms with Crippen LogP contribution >= 0.6 is 11.6 Å². The summed E-state index contributed by atoms with van der Waals surface area (Å²) in [6, 6.07) is 1.86. The molecule has 1 aliphatic carbocycles. The summed E-state index contributed by atoms with van der Waals surface area (Å²) in [6.45, 7) is 4.41. The summed E-state index contributed by atoms with van der Waals surface area (Å²) in [4.78, 5) is 19.4. The predicted molar refractivity (Wildman–Crippen MR) is 84.5 cm³/mol. The Labute approximate surface area is 128 Å².